The van der Waals surface area contributed by atoms with Gasteiger partial charge < -0.3 is 5.73 Å². The monoisotopic (exact) mass is 334 g/mol. The first-order valence-corrected chi connectivity index (χ1v) is 8.96. The van der Waals surface area contributed by atoms with Gasteiger partial charge in [-0.15, -0.1) is 0 Å². The number of benzene rings is 1. The molecule has 0 radical (unpaired) electrons. The Morgan fingerprint density at radius 3 is 2.48 bits per heavy atom. The zero-order valence-corrected chi connectivity index (χ0v) is 14.2. The largest absolute Gasteiger partial charge is 0.382 e. The summed E-state index contributed by atoms with van der Waals surface area (Å²) in [7, 11) is 0. The molecule has 4 rings (SSSR count). The predicted octanol–water partition coefficient (Wildman–Crippen LogP) is 4.23. The van der Waals surface area contributed by atoms with E-state index in [0.29, 0.717) is 17.3 Å². The number of hydrogen-bond donors (Lipinski definition) is 1. The standard InChI is InChI=1S/C20H22N4O/c21-19-18-17(15-9-7-14(13-25)8-10-15)23-20(24(18)12-11-22-19)16-5-3-1-2-4-6-16/h7-13,16H,1-6H2,(H2,21,22). The number of carbonyl (C=O) groups excluding carboxylic acids is 1. The highest BCUT2D eigenvalue weighted by molar-refractivity contribution is 5.86. The second-order valence-corrected chi connectivity index (χ2v) is 6.78. The van der Waals surface area contributed by atoms with Crippen LogP contribution in [-0.2, 0) is 0 Å². The van der Waals surface area contributed by atoms with Crippen molar-refractivity contribution in [1.29, 1.82) is 0 Å². The van der Waals surface area contributed by atoms with Crippen LogP contribution < -0.4 is 5.73 Å². The average molecular weight is 334 g/mol. The van der Waals surface area contributed by atoms with Gasteiger partial charge in [-0.05, 0) is 12.8 Å². The van der Waals surface area contributed by atoms with E-state index in [-0.39, 0.29) is 0 Å². The molecule has 1 fully saturated rings. The van der Waals surface area contributed by atoms with E-state index in [2.05, 4.69) is 9.38 Å². The maximum atomic E-state index is 10.9. The van der Waals surface area contributed by atoms with Crippen molar-refractivity contribution in [1.82, 2.24) is 14.4 Å². The lowest BCUT2D eigenvalue weighted by molar-refractivity contribution is 0.112. The normalized spacial score (nSPS) is 16.0. The van der Waals surface area contributed by atoms with Gasteiger partial charge in [0.25, 0.3) is 0 Å². The molecule has 1 aliphatic carbocycles. The van der Waals surface area contributed by atoms with Crippen molar-refractivity contribution in [3.8, 4) is 11.3 Å². The highest BCUT2D eigenvalue weighted by Crippen LogP contribution is 2.35. The van der Waals surface area contributed by atoms with E-state index in [1.807, 2.05) is 30.5 Å². The predicted molar refractivity (Wildman–Crippen MR) is 98.7 cm³/mol. The molecule has 0 unspecified atom stereocenters. The van der Waals surface area contributed by atoms with E-state index < -0.39 is 0 Å². The molecule has 3 aromatic rings. The minimum Gasteiger partial charge on any atom is -0.382 e. The van der Waals surface area contributed by atoms with Crippen LogP contribution in [0.25, 0.3) is 16.8 Å². The fourth-order valence-corrected chi connectivity index (χ4v) is 3.83. The van der Waals surface area contributed by atoms with Crippen molar-refractivity contribution in [3.63, 3.8) is 0 Å². The Balaban J connectivity index is 1.87. The van der Waals surface area contributed by atoms with Gasteiger partial charge in [-0.1, -0.05) is 49.9 Å². The number of carbonyl (C=O) groups is 1. The number of nitrogens with two attached hydrogens (primary N) is 1. The van der Waals surface area contributed by atoms with Crippen LogP contribution in [0.1, 0.15) is 60.6 Å². The van der Waals surface area contributed by atoms with E-state index in [9.17, 15) is 4.79 Å². The zero-order valence-electron chi connectivity index (χ0n) is 14.2. The minimum absolute atomic E-state index is 0.458. The van der Waals surface area contributed by atoms with Gasteiger partial charge >= 0.3 is 0 Å². The molecule has 5 nitrogen and oxygen atoms in total. The molecular weight excluding hydrogens is 312 g/mol. The summed E-state index contributed by atoms with van der Waals surface area (Å²) < 4.78 is 2.11. The molecule has 2 aromatic heterocycles. The summed E-state index contributed by atoms with van der Waals surface area (Å²) in [6, 6.07) is 7.47. The van der Waals surface area contributed by atoms with Crippen LogP contribution in [0.15, 0.2) is 36.7 Å². The third-order valence-corrected chi connectivity index (χ3v) is 5.15. The third kappa shape index (κ3) is 2.90. The summed E-state index contributed by atoms with van der Waals surface area (Å²) in [6.07, 6.45) is 12.0. The molecule has 2 heterocycles. The first-order chi connectivity index (χ1) is 12.3. The number of aromatic nitrogens is 3. The number of imidazole rings is 1. The number of aldehydes is 1. The summed E-state index contributed by atoms with van der Waals surface area (Å²) in [6.45, 7) is 0. The van der Waals surface area contributed by atoms with Crippen molar-refractivity contribution < 1.29 is 4.79 Å². The van der Waals surface area contributed by atoms with Crippen LogP contribution in [-0.4, -0.2) is 20.7 Å². The van der Waals surface area contributed by atoms with E-state index >= 15 is 0 Å². The van der Waals surface area contributed by atoms with Crippen LogP contribution in [0.4, 0.5) is 5.82 Å². The quantitative estimate of drug-likeness (QED) is 0.574. The molecule has 0 saturated heterocycles. The van der Waals surface area contributed by atoms with Gasteiger partial charge in [0.15, 0.2) is 0 Å². The molecule has 1 aliphatic rings. The second kappa shape index (κ2) is 6.67. The van der Waals surface area contributed by atoms with Gasteiger partial charge in [-0.25, -0.2) is 9.97 Å². The van der Waals surface area contributed by atoms with Crippen LogP contribution in [0.5, 0.6) is 0 Å². The number of nitrogens with zero attached hydrogens (tertiary/aromatic N) is 3. The summed E-state index contributed by atoms with van der Waals surface area (Å²) in [4.78, 5) is 20.2. The Morgan fingerprint density at radius 2 is 1.80 bits per heavy atom. The van der Waals surface area contributed by atoms with Gasteiger partial charge in [0, 0.05) is 29.4 Å². The first kappa shape index (κ1) is 15.8. The fraction of sp³-hybridized carbons (Fsp3) is 0.350. The van der Waals surface area contributed by atoms with E-state index in [1.54, 1.807) is 6.20 Å². The van der Waals surface area contributed by atoms with Crippen molar-refractivity contribution in [2.24, 2.45) is 0 Å². The first-order valence-electron chi connectivity index (χ1n) is 8.96. The molecule has 1 aromatic carbocycles. The van der Waals surface area contributed by atoms with Crippen LogP contribution >= 0.6 is 0 Å². The summed E-state index contributed by atoms with van der Waals surface area (Å²) in [5.41, 5.74) is 9.52. The molecule has 0 bridgehead atoms. The molecule has 0 spiro atoms. The second-order valence-electron chi connectivity index (χ2n) is 6.78. The smallest absolute Gasteiger partial charge is 0.150 e. The number of nitrogen functional groups attached to an aromatic ring is 1. The Hall–Kier alpha value is -2.69. The topological polar surface area (TPSA) is 73.3 Å². The van der Waals surface area contributed by atoms with Crippen LogP contribution in [0, 0.1) is 0 Å². The van der Waals surface area contributed by atoms with Gasteiger partial charge in [0.2, 0.25) is 0 Å². The maximum Gasteiger partial charge on any atom is 0.150 e. The van der Waals surface area contributed by atoms with Crippen molar-refractivity contribution in [2.75, 3.05) is 5.73 Å². The average Bonchev–Trinajstić information content (AvgIpc) is 2.84. The van der Waals surface area contributed by atoms with Gasteiger partial charge in [-0.3, -0.25) is 9.20 Å². The lowest BCUT2D eigenvalue weighted by Crippen LogP contribution is -2.04. The minimum atomic E-state index is 0.458. The van der Waals surface area contributed by atoms with Crippen molar-refractivity contribution >= 4 is 17.6 Å². The SMILES string of the molecule is Nc1nccn2c(C3CCCCCC3)nc(-c3ccc(C=O)cc3)c12. The highest BCUT2D eigenvalue weighted by atomic mass is 16.1. The molecule has 2 N–H and O–H groups in total. The molecule has 5 heteroatoms. The Labute approximate surface area is 146 Å². The molecule has 128 valence electrons. The van der Waals surface area contributed by atoms with Gasteiger partial charge in [0.05, 0.1) is 0 Å². The van der Waals surface area contributed by atoms with Crippen molar-refractivity contribution in [3.05, 3.63) is 48.0 Å². The van der Waals surface area contributed by atoms with E-state index in [1.165, 1.54) is 38.5 Å². The molecule has 0 atom stereocenters. The summed E-state index contributed by atoms with van der Waals surface area (Å²) >= 11 is 0. The van der Waals surface area contributed by atoms with E-state index in [0.717, 1.165) is 28.9 Å². The molecule has 1 saturated carbocycles. The number of anilines is 1. The number of hydrogen-bond acceptors (Lipinski definition) is 4. The summed E-state index contributed by atoms with van der Waals surface area (Å²) in [5.74, 6) is 2.03. The molecule has 0 aliphatic heterocycles. The van der Waals surface area contributed by atoms with Crippen molar-refractivity contribution in [2.45, 2.75) is 44.4 Å². The van der Waals surface area contributed by atoms with Crippen LogP contribution in [0.3, 0.4) is 0 Å². The van der Waals surface area contributed by atoms with E-state index in [4.69, 9.17) is 10.7 Å². The van der Waals surface area contributed by atoms with Crippen LogP contribution in [0.2, 0.25) is 0 Å². The zero-order chi connectivity index (χ0) is 17.2. The molecule has 0 amide bonds. The number of fused-ring (bicyclic) bond motifs is 1. The molecular formula is C20H22N4O. The lowest BCUT2D eigenvalue weighted by Gasteiger charge is -2.12. The van der Waals surface area contributed by atoms with Gasteiger partial charge in [0.1, 0.15) is 29.1 Å². The highest BCUT2D eigenvalue weighted by Gasteiger charge is 2.23. The maximum absolute atomic E-state index is 10.9. The Morgan fingerprint density at radius 1 is 1.08 bits per heavy atom. The lowest BCUT2D eigenvalue weighted by atomic mass is 10.00. The summed E-state index contributed by atoms with van der Waals surface area (Å²) in [5, 5.41) is 0. The third-order valence-electron chi connectivity index (χ3n) is 5.15. The van der Waals surface area contributed by atoms with Gasteiger partial charge in [-0.2, -0.15) is 0 Å². The molecule has 25 heavy (non-hydrogen) atoms. The number of rotatable bonds is 3. The Bertz CT molecular complexity index is 890. The Kier molecular flexibility index (Phi) is 4.22. The fourth-order valence-electron chi connectivity index (χ4n) is 3.83.